The van der Waals surface area contributed by atoms with Gasteiger partial charge in [-0.15, -0.1) is 0 Å². The molecule has 4 heteroatoms. The molecular formula is C17H22N2O2. The van der Waals surface area contributed by atoms with Gasteiger partial charge >= 0.3 is 0 Å². The summed E-state index contributed by atoms with van der Waals surface area (Å²) in [5, 5.41) is 6.14. The van der Waals surface area contributed by atoms with Crippen molar-refractivity contribution in [3.8, 4) is 0 Å². The van der Waals surface area contributed by atoms with Gasteiger partial charge in [0.2, 0.25) is 0 Å². The molecule has 1 heterocycles. The van der Waals surface area contributed by atoms with Crippen molar-refractivity contribution in [3.05, 3.63) is 53.0 Å². The molecule has 0 bridgehead atoms. The second kappa shape index (κ2) is 7.09. The second-order valence-corrected chi connectivity index (χ2v) is 5.01. The topological polar surface area (TPSA) is 54.3 Å². The van der Waals surface area contributed by atoms with Gasteiger partial charge in [0, 0.05) is 18.7 Å². The van der Waals surface area contributed by atoms with Gasteiger partial charge in [-0.3, -0.25) is 4.79 Å². The molecule has 0 aliphatic carbocycles. The van der Waals surface area contributed by atoms with Gasteiger partial charge < -0.3 is 15.1 Å². The van der Waals surface area contributed by atoms with Gasteiger partial charge in [-0.25, -0.2) is 0 Å². The third-order valence-electron chi connectivity index (χ3n) is 3.33. The molecule has 0 saturated carbocycles. The summed E-state index contributed by atoms with van der Waals surface area (Å²) < 4.78 is 5.57. The minimum Gasteiger partial charge on any atom is -0.456 e. The minimum atomic E-state index is -0.210. The second-order valence-electron chi connectivity index (χ2n) is 5.01. The van der Waals surface area contributed by atoms with Crippen LogP contribution >= 0.6 is 0 Å². The van der Waals surface area contributed by atoms with E-state index in [9.17, 15) is 4.79 Å². The third kappa shape index (κ3) is 3.95. The van der Waals surface area contributed by atoms with Crippen LogP contribution in [0.1, 0.15) is 41.3 Å². The molecule has 0 spiro atoms. The van der Waals surface area contributed by atoms with Crippen molar-refractivity contribution in [2.75, 3.05) is 11.9 Å². The first kappa shape index (κ1) is 15.3. The Balaban J connectivity index is 2.08. The molecule has 0 aliphatic heterocycles. The summed E-state index contributed by atoms with van der Waals surface area (Å²) in [4.78, 5) is 12.2. The number of hydrogen-bond donors (Lipinski definition) is 2. The fourth-order valence-electron chi connectivity index (χ4n) is 2.20. The summed E-state index contributed by atoms with van der Waals surface area (Å²) in [5.74, 6) is 1.01. The van der Waals surface area contributed by atoms with Crippen LogP contribution in [0.25, 0.3) is 0 Å². The number of benzene rings is 1. The van der Waals surface area contributed by atoms with E-state index in [1.54, 1.807) is 6.07 Å². The van der Waals surface area contributed by atoms with E-state index < -0.39 is 0 Å². The monoisotopic (exact) mass is 286 g/mol. The highest BCUT2D eigenvalue weighted by Gasteiger charge is 2.13. The SMILES string of the molecule is CCNCc1cccc(NC(=O)c2cc(C)c(CC)o2)c1. The first-order valence-electron chi connectivity index (χ1n) is 7.34. The van der Waals surface area contributed by atoms with Crippen LogP contribution in [0.4, 0.5) is 5.69 Å². The first-order valence-corrected chi connectivity index (χ1v) is 7.34. The fourth-order valence-corrected chi connectivity index (χ4v) is 2.20. The van der Waals surface area contributed by atoms with Crippen molar-refractivity contribution in [1.29, 1.82) is 0 Å². The number of carbonyl (C=O) groups is 1. The molecule has 2 rings (SSSR count). The zero-order valence-electron chi connectivity index (χ0n) is 12.8. The molecule has 21 heavy (non-hydrogen) atoms. The van der Waals surface area contributed by atoms with E-state index in [0.29, 0.717) is 5.76 Å². The Labute approximate surface area is 125 Å². The van der Waals surface area contributed by atoms with E-state index in [2.05, 4.69) is 17.6 Å². The molecule has 0 fully saturated rings. The van der Waals surface area contributed by atoms with Gasteiger partial charge in [0.1, 0.15) is 5.76 Å². The number of rotatable bonds is 6. The minimum absolute atomic E-state index is 0.210. The van der Waals surface area contributed by atoms with Crippen molar-refractivity contribution in [3.63, 3.8) is 0 Å². The third-order valence-corrected chi connectivity index (χ3v) is 3.33. The van der Waals surface area contributed by atoms with Crippen LogP contribution < -0.4 is 10.6 Å². The van der Waals surface area contributed by atoms with Crippen LogP contribution in [0, 0.1) is 6.92 Å². The van der Waals surface area contributed by atoms with Crippen molar-refractivity contribution >= 4 is 11.6 Å². The number of carbonyl (C=O) groups excluding carboxylic acids is 1. The normalized spacial score (nSPS) is 10.6. The lowest BCUT2D eigenvalue weighted by atomic mass is 10.2. The lowest BCUT2D eigenvalue weighted by molar-refractivity contribution is 0.0995. The maximum absolute atomic E-state index is 12.2. The summed E-state index contributed by atoms with van der Waals surface area (Å²) in [6, 6.07) is 9.61. The lowest BCUT2D eigenvalue weighted by Gasteiger charge is -2.06. The van der Waals surface area contributed by atoms with Gasteiger partial charge in [-0.2, -0.15) is 0 Å². The number of nitrogens with one attached hydrogen (secondary N) is 2. The van der Waals surface area contributed by atoms with E-state index in [4.69, 9.17) is 4.42 Å². The smallest absolute Gasteiger partial charge is 0.291 e. The van der Waals surface area contributed by atoms with Gasteiger partial charge in [-0.1, -0.05) is 26.0 Å². The molecule has 1 amide bonds. The van der Waals surface area contributed by atoms with Crippen LogP contribution in [-0.2, 0) is 13.0 Å². The fraction of sp³-hybridized carbons (Fsp3) is 0.353. The number of aryl methyl sites for hydroxylation is 2. The molecule has 0 unspecified atom stereocenters. The Morgan fingerprint density at radius 1 is 1.24 bits per heavy atom. The van der Waals surface area contributed by atoms with Crippen LogP contribution in [0.2, 0.25) is 0 Å². The number of anilines is 1. The number of amides is 1. The summed E-state index contributed by atoms with van der Waals surface area (Å²) in [5.41, 5.74) is 2.94. The van der Waals surface area contributed by atoms with Gasteiger partial charge in [0.15, 0.2) is 5.76 Å². The molecule has 2 aromatic rings. The Hall–Kier alpha value is -2.07. The Morgan fingerprint density at radius 3 is 2.71 bits per heavy atom. The van der Waals surface area contributed by atoms with Crippen LogP contribution in [0.3, 0.4) is 0 Å². The maximum atomic E-state index is 12.2. The summed E-state index contributed by atoms with van der Waals surface area (Å²) in [6.07, 6.45) is 0.789. The highest BCUT2D eigenvalue weighted by atomic mass is 16.4. The Kier molecular flexibility index (Phi) is 5.17. The van der Waals surface area contributed by atoms with Gasteiger partial charge in [-0.05, 0) is 42.8 Å². The summed E-state index contributed by atoms with van der Waals surface area (Å²) in [7, 11) is 0. The molecule has 4 nitrogen and oxygen atoms in total. The standard InChI is InChI=1S/C17H22N2O2/c1-4-15-12(3)9-16(21-15)17(20)19-14-8-6-7-13(10-14)11-18-5-2/h6-10,18H,4-5,11H2,1-3H3,(H,19,20). The average molecular weight is 286 g/mol. The highest BCUT2D eigenvalue weighted by Crippen LogP contribution is 2.17. The molecule has 0 saturated heterocycles. The van der Waals surface area contributed by atoms with Crippen molar-refractivity contribution < 1.29 is 9.21 Å². The number of hydrogen-bond acceptors (Lipinski definition) is 3. The Morgan fingerprint density at radius 2 is 2.05 bits per heavy atom. The molecule has 0 aliphatic rings. The molecule has 0 atom stereocenters. The maximum Gasteiger partial charge on any atom is 0.291 e. The molecule has 112 valence electrons. The van der Waals surface area contributed by atoms with Gasteiger partial charge in [0.25, 0.3) is 5.91 Å². The van der Waals surface area contributed by atoms with E-state index in [1.807, 2.05) is 38.1 Å². The summed E-state index contributed by atoms with van der Waals surface area (Å²) in [6.45, 7) is 7.74. The van der Waals surface area contributed by atoms with Crippen LogP contribution in [0.5, 0.6) is 0 Å². The van der Waals surface area contributed by atoms with Gasteiger partial charge in [0.05, 0.1) is 0 Å². The molecule has 2 N–H and O–H groups in total. The van der Waals surface area contributed by atoms with Crippen molar-refractivity contribution in [1.82, 2.24) is 5.32 Å². The summed E-state index contributed by atoms with van der Waals surface area (Å²) >= 11 is 0. The molecule has 0 radical (unpaired) electrons. The molecular weight excluding hydrogens is 264 g/mol. The lowest BCUT2D eigenvalue weighted by Crippen LogP contribution is -2.13. The Bertz CT molecular complexity index is 617. The van der Waals surface area contributed by atoms with E-state index >= 15 is 0 Å². The quantitative estimate of drug-likeness (QED) is 0.854. The van der Waals surface area contributed by atoms with E-state index in [1.165, 1.54) is 0 Å². The molecule has 1 aromatic carbocycles. The largest absolute Gasteiger partial charge is 0.456 e. The van der Waals surface area contributed by atoms with Crippen LogP contribution in [0.15, 0.2) is 34.7 Å². The van der Waals surface area contributed by atoms with Crippen LogP contribution in [-0.4, -0.2) is 12.5 Å². The number of furan rings is 1. The predicted molar refractivity (Wildman–Crippen MR) is 84.6 cm³/mol. The molecule has 1 aromatic heterocycles. The van der Waals surface area contributed by atoms with E-state index in [0.717, 1.165) is 42.1 Å². The highest BCUT2D eigenvalue weighted by molar-refractivity contribution is 6.02. The van der Waals surface area contributed by atoms with E-state index in [-0.39, 0.29) is 5.91 Å². The van der Waals surface area contributed by atoms with Crippen molar-refractivity contribution in [2.24, 2.45) is 0 Å². The zero-order chi connectivity index (χ0) is 15.2. The average Bonchev–Trinajstić information content (AvgIpc) is 2.87. The zero-order valence-corrected chi connectivity index (χ0v) is 12.8. The predicted octanol–water partition coefficient (Wildman–Crippen LogP) is 3.51. The van der Waals surface area contributed by atoms with Crippen molar-refractivity contribution in [2.45, 2.75) is 33.7 Å². The first-order chi connectivity index (χ1) is 10.1.